The number of carbonyl (C=O) groups is 1. The zero-order valence-electron chi connectivity index (χ0n) is 9.27. The Labute approximate surface area is 95.1 Å². The number of ether oxygens (including phenoxy) is 1. The molecule has 0 saturated heterocycles. The maximum atomic E-state index is 11.3. The molecule has 4 heteroatoms. The molecule has 0 aliphatic heterocycles. The molecule has 1 aromatic rings. The lowest BCUT2D eigenvalue weighted by Gasteiger charge is -2.20. The van der Waals surface area contributed by atoms with Crippen LogP contribution < -0.4 is 11.1 Å². The van der Waals surface area contributed by atoms with Gasteiger partial charge in [0.2, 0.25) is 5.91 Å². The summed E-state index contributed by atoms with van der Waals surface area (Å²) in [5, 5.41) is 2.75. The highest BCUT2D eigenvalue weighted by Gasteiger charge is 2.17. The third kappa shape index (κ3) is 3.10. The lowest BCUT2D eigenvalue weighted by molar-refractivity contribution is -0.120. The number of methoxy groups -OCH3 is 1. The van der Waals surface area contributed by atoms with Crippen LogP contribution in [-0.4, -0.2) is 19.6 Å². The molecule has 0 fully saturated rings. The number of benzene rings is 1. The predicted molar refractivity (Wildman–Crippen MR) is 62.5 cm³/mol. The van der Waals surface area contributed by atoms with Crippen molar-refractivity contribution in [1.29, 1.82) is 0 Å². The Morgan fingerprint density at radius 1 is 1.50 bits per heavy atom. The summed E-state index contributed by atoms with van der Waals surface area (Å²) in [7, 11) is 1.52. The van der Waals surface area contributed by atoms with E-state index >= 15 is 0 Å². The van der Waals surface area contributed by atoms with Crippen LogP contribution in [0.25, 0.3) is 0 Å². The first kappa shape index (κ1) is 12.3. The van der Waals surface area contributed by atoms with Gasteiger partial charge in [-0.1, -0.05) is 36.9 Å². The molecule has 4 nitrogen and oxygen atoms in total. The third-order valence-electron chi connectivity index (χ3n) is 2.21. The molecular formula is C12H16N2O2. The largest absolute Gasteiger partial charge is 0.499 e. The first-order chi connectivity index (χ1) is 7.69. The second-order valence-corrected chi connectivity index (χ2v) is 3.29. The van der Waals surface area contributed by atoms with Gasteiger partial charge in [0.25, 0.3) is 0 Å². The van der Waals surface area contributed by atoms with Crippen LogP contribution in [0.3, 0.4) is 0 Å². The van der Waals surface area contributed by atoms with Gasteiger partial charge in [-0.15, -0.1) is 0 Å². The molecular weight excluding hydrogens is 204 g/mol. The number of amides is 1. The Morgan fingerprint density at radius 2 is 2.12 bits per heavy atom. The molecule has 1 amide bonds. The molecule has 1 atom stereocenters. The maximum Gasteiger partial charge on any atom is 0.234 e. The molecule has 0 aliphatic rings. The molecule has 0 radical (unpaired) electrons. The lowest BCUT2D eigenvalue weighted by Crippen LogP contribution is -2.34. The van der Waals surface area contributed by atoms with E-state index in [1.807, 2.05) is 30.3 Å². The van der Waals surface area contributed by atoms with Crippen molar-refractivity contribution in [2.75, 3.05) is 13.7 Å². The Morgan fingerprint density at radius 3 is 2.62 bits per heavy atom. The fourth-order valence-corrected chi connectivity index (χ4v) is 1.33. The summed E-state index contributed by atoms with van der Waals surface area (Å²) in [6.45, 7) is 3.70. The van der Waals surface area contributed by atoms with Crippen LogP contribution in [0.15, 0.2) is 42.7 Å². The highest BCUT2D eigenvalue weighted by atomic mass is 16.5. The molecule has 1 aromatic carbocycles. The molecule has 86 valence electrons. The minimum absolute atomic E-state index is 0.0552. The third-order valence-corrected chi connectivity index (χ3v) is 2.21. The van der Waals surface area contributed by atoms with E-state index in [0.29, 0.717) is 5.76 Å². The fraction of sp³-hybridized carbons (Fsp3) is 0.250. The number of nitrogens with one attached hydrogen (secondary N) is 1. The second-order valence-electron chi connectivity index (χ2n) is 3.29. The number of carbonyl (C=O) groups excluding carboxylic acids is 1. The number of hydrogen-bond donors (Lipinski definition) is 2. The molecule has 1 unspecified atom stereocenters. The average molecular weight is 220 g/mol. The summed E-state index contributed by atoms with van der Waals surface area (Å²) >= 11 is 0. The van der Waals surface area contributed by atoms with E-state index in [-0.39, 0.29) is 18.5 Å². The number of nitrogens with two attached hydrogens (primary N) is 1. The summed E-state index contributed by atoms with van der Waals surface area (Å²) in [6, 6.07) is 9.11. The molecule has 1 rings (SSSR count). The van der Waals surface area contributed by atoms with E-state index in [2.05, 4.69) is 11.9 Å². The van der Waals surface area contributed by atoms with Gasteiger partial charge >= 0.3 is 0 Å². The highest BCUT2D eigenvalue weighted by Crippen LogP contribution is 2.20. The topological polar surface area (TPSA) is 64.3 Å². The molecule has 16 heavy (non-hydrogen) atoms. The van der Waals surface area contributed by atoms with Crippen molar-refractivity contribution in [3.63, 3.8) is 0 Å². The van der Waals surface area contributed by atoms with Crippen LogP contribution in [0.4, 0.5) is 0 Å². The lowest BCUT2D eigenvalue weighted by atomic mass is 10.1. The zero-order chi connectivity index (χ0) is 12.0. The fourth-order valence-electron chi connectivity index (χ4n) is 1.33. The van der Waals surface area contributed by atoms with Crippen molar-refractivity contribution < 1.29 is 9.53 Å². The summed E-state index contributed by atoms with van der Waals surface area (Å²) in [5.41, 5.74) is 6.17. The SMILES string of the molecule is C=C(OC)C(NC(=O)CN)c1ccccc1. The van der Waals surface area contributed by atoms with E-state index in [1.54, 1.807) is 0 Å². The molecule has 0 heterocycles. The van der Waals surface area contributed by atoms with Crippen molar-refractivity contribution in [2.45, 2.75) is 6.04 Å². The van der Waals surface area contributed by atoms with Gasteiger partial charge in [0, 0.05) is 0 Å². The van der Waals surface area contributed by atoms with Crippen molar-refractivity contribution >= 4 is 5.91 Å². The van der Waals surface area contributed by atoms with Gasteiger partial charge < -0.3 is 15.8 Å². The molecule has 0 bridgehead atoms. The van der Waals surface area contributed by atoms with Crippen LogP contribution in [0.5, 0.6) is 0 Å². The van der Waals surface area contributed by atoms with Crippen LogP contribution in [-0.2, 0) is 9.53 Å². The van der Waals surface area contributed by atoms with E-state index in [9.17, 15) is 4.79 Å². The maximum absolute atomic E-state index is 11.3. The first-order valence-corrected chi connectivity index (χ1v) is 4.96. The zero-order valence-corrected chi connectivity index (χ0v) is 9.27. The van der Waals surface area contributed by atoms with Crippen LogP contribution >= 0.6 is 0 Å². The van der Waals surface area contributed by atoms with Gasteiger partial charge in [0.15, 0.2) is 0 Å². The van der Waals surface area contributed by atoms with Crippen LogP contribution in [0, 0.1) is 0 Å². The minimum atomic E-state index is -0.359. The van der Waals surface area contributed by atoms with Gasteiger partial charge in [-0.05, 0) is 5.56 Å². The van der Waals surface area contributed by atoms with E-state index < -0.39 is 0 Å². The summed E-state index contributed by atoms with van der Waals surface area (Å²) in [4.78, 5) is 11.3. The van der Waals surface area contributed by atoms with E-state index in [4.69, 9.17) is 10.5 Å². The van der Waals surface area contributed by atoms with Gasteiger partial charge in [0.1, 0.15) is 11.8 Å². The van der Waals surface area contributed by atoms with E-state index in [1.165, 1.54) is 7.11 Å². The normalized spacial score (nSPS) is 11.6. The van der Waals surface area contributed by atoms with Crippen LogP contribution in [0.2, 0.25) is 0 Å². The van der Waals surface area contributed by atoms with Gasteiger partial charge in [-0.3, -0.25) is 4.79 Å². The van der Waals surface area contributed by atoms with E-state index in [0.717, 1.165) is 5.56 Å². The number of hydrogen-bond acceptors (Lipinski definition) is 3. The molecule has 0 aliphatic carbocycles. The predicted octanol–water partition coefficient (Wildman–Crippen LogP) is 0.963. The summed E-state index contributed by atoms with van der Waals surface area (Å²) in [5.74, 6) is 0.236. The number of rotatable bonds is 5. The molecule has 0 saturated carbocycles. The monoisotopic (exact) mass is 220 g/mol. The highest BCUT2D eigenvalue weighted by molar-refractivity contribution is 5.78. The van der Waals surface area contributed by atoms with Crippen molar-refractivity contribution in [1.82, 2.24) is 5.32 Å². The second kappa shape index (κ2) is 5.92. The van der Waals surface area contributed by atoms with Gasteiger partial charge in [0.05, 0.1) is 13.7 Å². The Hall–Kier alpha value is -1.81. The van der Waals surface area contributed by atoms with Gasteiger partial charge in [-0.2, -0.15) is 0 Å². The van der Waals surface area contributed by atoms with Crippen molar-refractivity contribution in [3.8, 4) is 0 Å². The molecule has 0 spiro atoms. The van der Waals surface area contributed by atoms with Crippen LogP contribution in [0.1, 0.15) is 11.6 Å². The minimum Gasteiger partial charge on any atom is -0.499 e. The standard InChI is InChI=1S/C12H16N2O2/c1-9(16-2)12(14-11(15)8-13)10-6-4-3-5-7-10/h3-7,12H,1,8,13H2,2H3,(H,14,15). The van der Waals surface area contributed by atoms with Gasteiger partial charge in [-0.25, -0.2) is 0 Å². The first-order valence-electron chi connectivity index (χ1n) is 4.96. The summed E-state index contributed by atoms with van der Waals surface area (Å²) in [6.07, 6.45) is 0. The quantitative estimate of drug-likeness (QED) is 0.726. The smallest absolute Gasteiger partial charge is 0.234 e. The Kier molecular flexibility index (Phi) is 4.54. The molecule has 3 N–H and O–H groups in total. The Balaban J connectivity index is 2.88. The molecule has 0 aromatic heterocycles. The van der Waals surface area contributed by atoms with Crippen molar-refractivity contribution in [2.24, 2.45) is 5.73 Å². The Bertz CT molecular complexity index is 363. The average Bonchev–Trinajstić information content (AvgIpc) is 2.35. The van der Waals surface area contributed by atoms with Crippen molar-refractivity contribution in [3.05, 3.63) is 48.2 Å². The summed E-state index contributed by atoms with van der Waals surface area (Å²) < 4.78 is 5.06.